The molecule has 0 aliphatic rings. The maximum absolute atomic E-state index is 11.7. The Kier molecular flexibility index (Phi) is 3.50. The van der Waals surface area contributed by atoms with Gasteiger partial charge in [0.05, 0.1) is 0 Å². The molecular weight excluding hydrogens is 180 g/mol. The van der Waals surface area contributed by atoms with Gasteiger partial charge in [0.1, 0.15) is 6.04 Å². The second-order valence-electron chi connectivity index (χ2n) is 2.94. The monoisotopic (exact) mass is 192 g/mol. The van der Waals surface area contributed by atoms with E-state index in [0.717, 1.165) is 0 Å². The zero-order valence-electron chi connectivity index (χ0n) is 7.86. The highest BCUT2D eigenvalue weighted by atomic mass is 16.2. The Morgan fingerprint density at radius 2 is 1.86 bits per heavy atom. The molecule has 1 rings (SSSR count). The van der Waals surface area contributed by atoms with E-state index in [-0.39, 0.29) is 11.6 Å². The van der Waals surface area contributed by atoms with Crippen LogP contribution in [-0.4, -0.2) is 17.6 Å². The number of hydrazine groups is 1. The summed E-state index contributed by atoms with van der Waals surface area (Å²) < 4.78 is 0. The van der Waals surface area contributed by atoms with Crippen molar-refractivity contribution in [2.45, 2.75) is 13.0 Å². The third-order valence-electron chi connectivity index (χ3n) is 1.89. The second-order valence-corrected chi connectivity index (χ2v) is 2.94. The van der Waals surface area contributed by atoms with Crippen molar-refractivity contribution in [2.75, 3.05) is 0 Å². The summed E-state index contributed by atoms with van der Waals surface area (Å²) in [6.45, 7) is 1.32. The molecule has 0 amide bonds. The van der Waals surface area contributed by atoms with Gasteiger partial charge >= 0.3 is 0 Å². The second kappa shape index (κ2) is 4.64. The van der Waals surface area contributed by atoms with E-state index in [1.165, 1.54) is 6.92 Å². The maximum Gasteiger partial charge on any atom is 0.188 e. The number of carbonyl (C=O) groups excluding carboxylic acids is 2. The summed E-state index contributed by atoms with van der Waals surface area (Å²) in [7, 11) is 0. The van der Waals surface area contributed by atoms with E-state index in [4.69, 9.17) is 5.84 Å². The van der Waals surface area contributed by atoms with Gasteiger partial charge < -0.3 is 0 Å². The van der Waals surface area contributed by atoms with Gasteiger partial charge in [-0.15, -0.1) is 0 Å². The number of hydrogen-bond donors (Lipinski definition) is 2. The van der Waals surface area contributed by atoms with E-state index in [1.807, 2.05) is 0 Å². The van der Waals surface area contributed by atoms with Gasteiger partial charge in [-0.2, -0.15) is 0 Å². The molecule has 4 nitrogen and oxygen atoms in total. The van der Waals surface area contributed by atoms with Crippen molar-refractivity contribution in [1.29, 1.82) is 0 Å². The van der Waals surface area contributed by atoms with E-state index < -0.39 is 6.04 Å². The molecule has 0 fully saturated rings. The Labute approximate surface area is 82.1 Å². The van der Waals surface area contributed by atoms with Crippen LogP contribution < -0.4 is 11.3 Å². The quantitative estimate of drug-likeness (QED) is 0.311. The van der Waals surface area contributed by atoms with Crippen LogP contribution in [0.2, 0.25) is 0 Å². The summed E-state index contributed by atoms with van der Waals surface area (Å²) in [6, 6.07) is 7.63. The summed E-state index contributed by atoms with van der Waals surface area (Å²) in [5.41, 5.74) is 2.68. The van der Waals surface area contributed by atoms with Crippen molar-refractivity contribution >= 4 is 11.6 Å². The summed E-state index contributed by atoms with van der Waals surface area (Å²) >= 11 is 0. The maximum atomic E-state index is 11.7. The molecule has 0 bridgehead atoms. The molecule has 0 aromatic heterocycles. The van der Waals surface area contributed by atoms with Gasteiger partial charge in [0.15, 0.2) is 11.6 Å². The SMILES string of the molecule is CC(=O)C(NN)C(=O)c1ccccc1. The minimum Gasteiger partial charge on any atom is -0.298 e. The fourth-order valence-electron chi connectivity index (χ4n) is 1.15. The van der Waals surface area contributed by atoms with Gasteiger partial charge in [0.25, 0.3) is 0 Å². The zero-order chi connectivity index (χ0) is 10.6. The number of nitrogens with two attached hydrogens (primary N) is 1. The molecule has 0 aliphatic heterocycles. The smallest absolute Gasteiger partial charge is 0.188 e. The van der Waals surface area contributed by atoms with Crippen LogP contribution in [-0.2, 0) is 4.79 Å². The lowest BCUT2D eigenvalue weighted by atomic mass is 10.0. The highest BCUT2D eigenvalue weighted by Gasteiger charge is 2.22. The first-order valence-corrected chi connectivity index (χ1v) is 4.22. The molecule has 4 heteroatoms. The number of nitrogens with one attached hydrogen (secondary N) is 1. The fourth-order valence-corrected chi connectivity index (χ4v) is 1.15. The van der Waals surface area contributed by atoms with Gasteiger partial charge in [-0.3, -0.25) is 15.4 Å². The molecular formula is C10H12N2O2. The first-order valence-electron chi connectivity index (χ1n) is 4.22. The number of Topliss-reactive ketones (excluding diaryl/α,β-unsaturated/α-hetero) is 2. The van der Waals surface area contributed by atoms with Crippen LogP contribution in [0.4, 0.5) is 0 Å². The third-order valence-corrected chi connectivity index (χ3v) is 1.89. The normalized spacial score (nSPS) is 12.1. The van der Waals surface area contributed by atoms with Crippen molar-refractivity contribution in [1.82, 2.24) is 5.43 Å². The fraction of sp³-hybridized carbons (Fsp3) is 0.200. The highest BCUT2D eigenvalue weighted by Crippen LogP contribution is 2.03. The van der Waals surface area contributed by atoms with Gasteiger partial charge in [-0.1, -0.05) is 30.3 Å². The van der Waals surface area contributed by atoms with Crippen LogP contribution in [0.25, 0.3) is 0 Å². The topological polar surface area (TPSA) is 72.2 Å². The van der Waals surface area contributed by atoms with Crippen LogP contribution in [0, 0.1) is 0 Å². The van der Waals surface area contributed by atoms with Crippen molar-refractivity contribution in [3.05, 3.63) is 35.9 Å². The zero-order valence-corrected chi connectivity index (χ0v) is 7.86. The number of benzene rings is 1. The number of rotatable bonds is 4. The van der Waals surface area contributed by atoms with Crippen LogP contribution in [0.1, 0.15) is 17.3 Å². The Bertz CT molecular complexity index is 335. The average Bonchev–Trinajstić information content (AvgIpc) is 2.19. The van der Waals surface area contributed by atoms with Crippen molar-refractivity contribution < 1.29 is 9.59 Å². The predicted molar refractivity (Wildman–Crippen MR) is 52.6 cm³/mol. The molecule has 0 radical (unpaired) electrons. The number of carbonyl (C=O) groups is 2. The molecule has 0 heterocycles. The van der Waals surface area contributed by atoms with Crippen LogP contribution in [0.5, 0.6) is 0 Å². The van der Waals surface area contributed by atoms with Crippen LogP contribution in [0.3, 0.4) is 0 Å². The molecule has 3 N–H and O–H groups in total. The molecule has 1 atom stereocenters. The molecule has 1 aromatic rings. The first kappa shape index (κ1) is 10.6. The third kappa shape index (κ3) is 2.25. The minimum absolute atomic E-state index is 0.290. The minimum atomic E-state index is -0.947. The summed E-state index contributed by atoms with van der Waals surface area (Å²) in [4.78, 5) is 22.7. The molecule has 0 saturated heterocycles. The lowest BCUT2D eigenvalue weighted by Crippen LogP contribution is -2.46. The predicted octanol–water partition coefficient (Wildman–Crippen LogP) is 0.290. The number of hydrogen-bond acceptors (Lipinski definition) is 4. The molecule has 74 valence electrons. The lowest BCUT2D eigenvalue weighted by molar-refractivity contribution is -0.117. The van der Waals surface area contributed by atoms with Crippen molar-refractivity contribution in [2.24, 2.45) is 5.84 Å². The van der Waals surface area contributed by atoms with Gasteiger partial charge in [0, 0.05) is 5.56 Å². The summed E-state index contributed by atoms with van der Waals surface area (Å²) in [5.74, 6) is 4.52. The Hall–Kier alpha value is -1.52. The van der Waals surface area contributed by atoms with E-state index in [9.17, 15) is 9.59 Å². The van der Waals surface area contributed by atoms with E-state index in [0.29, 0.717) is 5.56 Å². The van der Waals surface area contributed by atoms with Crippen LogP contribution >= 0.6 is 0 Å². The largest absolute Gasteiger partial charge is 0.298 e. The molecule has 1 unspecified atom stereocenters. The van der Waals surface area contributed by atoms with E-state index in [1.54, 1.807) is 30.3 Å². The number of ketones is 2. The van der Waals surface area contributed by atoms with Gasteiger partial charge in [-0.05, 0) is 6.92 Å². The molecule has 14 heavy (non-hydrogen) atoms. The van der Waals surface area contributed by atoms with Crippen LogP contribution in [0.15, 0.2) is 30.3 Å². The highest BCUT2D eigenvalue weighted by molar-refractivity contribution is 6.13. The first-order chi connectivity index (χ1) is 6.66. The molecule has 0 saturated carbocycles. The lowest BCUT2D eigenvalue weighted by Gasteiger charge is -2.10. The Balaban J connectivity index is 2.89. The Morgan fingerprint density at radius 1 is 1.29 bits per heavy atom. The molecule has 1 aromatic carbocycles. The Morgan fingerprint density at radius 3 is 2.29 bits per heavy atom. The molecule has 0 aliphatic carbocycles. The summed E-state index contributed by atoms with van der Waals surface area (Å²) in [5, 5.41) is 0. The summed E-state index contributed by atoms with van der Waals surface area (Å²) in [6.07, 6.45) is 0. The standard InChI is InChI=1S/C10H12N2O2/c1-7(13)9(12-11)10(14)8-5-3-2-4-6-8/h2-6,9,12H,11H2,1H3. The average molecular weight is 192 g/mol. The van der Waals surface area contributed by atoms with Gasteiger partial charge in [-0.25, -0.2) is 5.43 Å². The van der Waals surface area contributed by atoms with E-state index >= 15 is 0 Å². The molecule has 0 spiro atoms. The van der Waals surface area contributed by atoms with Crippen molar-refractivity contribution in [3.8, 4) is 0 Å². The van der Waals surface area contributed by atoms with E-state index in [2.05, 4.69) is 5.43 Å². The van der Waals surface area contributed by atoms with Gasteiger partial charge in [0.2, 0.25) is 0 Å². The van der Waals surface area contributed by atoms with Crippen molar-refractivity contribution in [3.63, 3.8) is 0 Å².